The number of halogens is 2. The van der Waals surface area contributed by atoms with E-state index in [1.54, 1.807) is 0 Å². The van der Waals surface area contributed by atoms with Gasteiger partial charge < -0.3 is 15.2 Å². The number of ether oxygens (including phenoxy) is 1. The number of carboxylic acids is 1. The zero-order valence-electron chi connectivity index (χ0n) is 11.0. The van der Waals surface area contributed by atoms with Gasteiger partial charge in [-0.25, -0.2) is 0 Å². The number of rotatable bonds is 6. The molecule has 110 valence electrons. The minimum absolute atomic E-state index is 0.0775. The fourth-order valence-corrected chi connectivity index (χ4v) is 1.65. The molecule has 0 heterocycles. The third kappa shape index (κ3) is 4.83. The second-order valence-electron chi connectivity index (χ2n) is 4.78. The van der Waals surface area contributed by atoms with Crippen molar-refractivity contribution in [3.63, 3.8) is 0 Å². The van der Waals surface area contributed by atoms with Crippen LogP contribution in [0.5, 0.6) is 5.75 Å². The second-order valence-corrected chi connectivity index (χ2v) is 4.78. The summed E-state index contributed by atoms with van der Waals surface area (Å²) in [6, 6.07) is 5.52. The van der Waals surface area contributed by atoms with Crippen molar-refractivity contribution in [1.82, 2.24) is 5.32 Å². The summed E-state index contributed by atoms with van der Waals surface area (Å²) in [5.74, 6) is -2.01. The predicted octanol–water partition coefficient (Wildman–Crippen LogP) is 2.27. The van der Waals surface area contributed by atoms with Gasteiger partial charge in [-0.05, 0) is 26.0 Å². The van der Waals surface area contributed by atoms with Gasteiger partial charge in [0.2, 0.25) is 0 Å². The summed E-state index contributed by atoms with van der Waals surface area (Å²) in [4.78, 5) is 22.7. The van der Waals surface area contributed by atoms with Crippen molar-refractivity contribution < 1.29 is 28.2 Å². The van der Waals surface area contributed by atoms with E-state index in [2.05, 4.69) is 10.1 Å². The standard InChI is InChI=1S/C13H15F2NO4/c1-13(2,7-10(17)18)16-11(19)8-5-3-4-6-9(8)20-12(14)15/h3-6,12H,7H2,1-2H3,(H,16,19)(H,17,18). The molecule has 0 aliphatic heterocycles. The lowest BCUT2D eigenvalue weighted by atomic mass is 10.00. The Balaban J connectivity index is 2.90. The fraction of sp³-hybridized carbons (Fsp3) is 0.385. The molecule has 0 aromatic heterocycles. The van der Waals surface area contributed by atoms with E-state index in [0.717, 1.165) is 0 Å². The number of aliphatic carboxylic acids is 1. The number of benzene rings is 1. The van der Waals surface area contributed by atoms with Crippen LogP contribution in [0.2, 0.25) is 0 Å². The van der Waals surface area contributed by atoms with Gasteiger partial charge in [-0.3, -0.25) is 9.59 Å². The molecular weight excluding hydrogens is 272 g/mol. The second kappa shape index (κ2) is 6.31. The maximum atomic E-state index is 12.2. The maximum absolute atomic E-state index is 12.2. The van der Waals surface area contributed by atoms with Crippen molar-refractivity contribution in [2.45, 2.75) is 32.4 Å². The van der Waals surface area contributed by atoms with Crippen molar-refractivity contribution in [2.75, 3.05) is 0 Å². The Morgan fingerprint density at radius 2 is 1.95 bits per heavy atom. The maximum Gasteiger partial charge on any atom is 0.387 e. The number of carboxylic acid groups (broad SMARTS) is 1. The van der Waals surface area contributed by atoms with E-state index >= 15 is 0 Å². The average Bonchev–Trinajstić information content (AvgIpc) is 2.25. The molecule has 0 saturated carbocycles. The molecule has 2 N–H and O–H groups in total. The number of alkyl halides is 2. The molecule has 0 aliphatic rings. The van der Waals surface area contributed by atoms with Crippen LogP contribution in [0.25, 0.3) is 0 Å². The smallest absolute Gasteiger partial charge is 0.387 e. The van der Waals surface area contributed by atoms with Crippen LogP contribution in [-0.2, 0) is 4.79 Å². The first-order valence-corrected chi connectivity index (χ1v) is 5.79. The summed E-state index contributed by atoms with van der Waals surface area (Å²) in [5, 5.41) is 11.2. The topological polar surface area (TPSA) is 75.6 Å². The van der Waals surface area contributed by atoms with Gasteiger partial charge in [0.1, 0.15) is 5.75 Å². The molecule has 20 heavy (non-hydrogen) atoms. The molecule has 0 unspecified atom stereocenters. The van der Waals surface area contributed by atoms with Gasteiger partial charge in [0.25, 0.3) is 5.91 Å². The van der Waals surface area contributed by atoms with Gasteiger partial charge in [0.15, 0.2) is 0 Å². The lowest BCUT2D eigenvalue weighted by Gasteiger charge is -2.24. The molecule has 0 atom stereocenters. The van der Waals surface area contributed by atoms with E-state index in [9.17, 15) is 18.4 Å². The molecule has 7 heteroatoms. The highest BCUT2D eigenvalue weighted by molar-refractivity contribution is 5.97. The first-order valence-electron chi connectivity index (χ1n) is 5.79. The number of hydrogen-bond acceptors (Lipinski definition) is 3. The Hall–Kier alpha value is -2.18. The molecule has 0 radical (unpaired) electrons. The Morgan fingerprint density at radius 1 is 1.35 bits per heavy atom. The highest BCUT2D eigenvalue weighted by Crippen LogP contribution is 2.21. The molecule has 0 saturated heterocycles. The molecule has 0 spiro atoms. The lowest BCUT2D eigenvalue weighted by molar-refractivity contribution is -0.138. The van der Waals surface area contributed by atoms with Gasteiger partial charge in [-0.15, -0.1) is 0 Å². The SMILES string of the molecule is CC(C)(CC(=O)O)NC(=O)c1ccccc1OC(F)F. The minimum atomic E-state index is -3.05. The van der Waals surface area contributed by atoms with Crippen LogP contribution in [0.15, 0.2) is 24.3 Å². The molecule has 0 fully saturated rings. The zero-order chi connectivity index (χ0) is 15.3. The summed E-state index contributed by atoms with van der Waals surface area (Å²) >= 11 is 0. The van der Waals surface area contributed by atoms with Crippen LogP contribution < -0.4 is 10.1 Å². The van der Waals surface area contributed by atoms with Crippen molar-refractivity contribution >= 4 is 11.9 Å². The van der Waals surface area contributed by atoms with Crippen LogP contribution in [-0.4, -0.2) is 29.1 Å². The van der Waals surface area contributed by atoms with Gasteiger partial charge in [0, 0.05) is 5.54 Å². The van der Waals surface area contributed by atoms with Crippen LogP contribution in [0, 0.1) is 0 Å². The van der Waals surface area contributed by atoms with Crippen molar-refractivity contribution in [3.05, 3.63) is 29.8 Å². The molecule has 0 bridgehead atoms. The van der Waals surface area contributed by atoms with E-state index in [-0.39, 0.29) is 17.7 Å². The van der Waals surface area contributed by atoms with Crippen LogP contribution in [0.3, 0.4) is 0 Å². The molecule has 1 aromatic rings. The Kier molecular flexibility index (Phi) is 5.01. The van der Waals surface area contributed by atoms with Crippen LogP contribution in [0.1, 0.15) is 30.6 Å². The van der Waals surface area contributed by atoms with Crippen molar-refractivity contribution in [1.29, 1.82) is 0 Å². The molecule has 5 nitrogen and oxygen atoms in total. The Morgan fingerprint density at radius 3 is 2.50 bits per heavy atom. The zero-order valence-corrected chi connectivity index (χ0v) is 11.0. The average molecular weight is 287 g/mol. The molecule has 1 rings (SSSR count). The lowest BCUT2D eigenvalue weighted by Crippen LogP contribution is -2.45. The first kappa shape index (κ1) is 15.9. The van der Waals surface area contributed by atoms with E-state index in [0.29, 0.717) is 0 Å². The van der Waals surface area contributed by atoms with Crippen molar-refractivity contribution in [3.8, 4) is 5.75 Å². The largest absolute Gasteiger partial charge is 0.481 e. The van der Waals surface area contributed by atoms with Gasteiger partial charge in [-0.1, -0.05) is 12.1 Å². The van der Waals surface area contributed by atoms with Crippen LogP contribution in [0.4, 0.5) is 8.78 Å². The minimum Gasteiger partial charge on any atom is -0.481 e. The highest BCUT2D eigenvalue weighted by Gasteiger charge is 2.26. The Bertz CT molecular complexity index is 503. The normalized spacial score (nSPS) is 11.2. The van der Waals surface area contributed by atoms with E-state index < -0.39 is 24.0 Å². The Labute approximate surface area is 114 Å². The number of amides is 1. The number of hydrogen-bond donors (Lipinski definition) is 2. The number of carbonyl (C=O) groups excluding carboxylic acids is 1. The molecule has 1 amide bonds. The molecule has 0 aliphatic carbocycles. The first-order chi connectivity index (χ1) is 9.21. The number of carbonyl (C=O) groups is 2. The summed E-state index contributed by atoms with van der Waals surface area (Å²) in [5.41, 5.74) is -1.09. The highest BCUT2D eigenvalue weighted by atomic mass is 19.3. The van der Waals surface area contributed by atoms with Gasteiger partial charge >= 0.3 is 12.6 Å². The number of nitrogens with one attached hydrogen (secondary N) is 1. The van der Waals surface area contributed by atoms with E-state index in [1.807, 2.05) is 0 Å². The molecule has 1 aromatic carbocycles. The summed E-state index contributed by atoms with van der Waals surface area (Å²) in [7, 11) is 0. The summed E-state index contributed by atoms with van der Waals surface area (Å²) < 4.78 is 28.7. The third-order valence-electron chi connectivity index (χ3n) is 2.39. The third-order valence-corrected chi connectivity index (χ3v) is 2.39. The van der Waals surface area contributed by atoms with Crippen molar-refractivity contribution in [2.24, 2.45) is 0 Å². The predicted molar refractivity (Wildman–Crippen MR) is 66.9 cm³/mol. The van der Waals surface area contributed by atoms with E-state index in [4.69, 9.17) is 5.11 Å². The quantitative estimate of drug-likeness (QED) is 0.841. The summed E-state index contributed by atoms with van der Waals surface area (Å²) in [6.07, 6.45) is -0.295. The van der Waals surface area contributed by atoms with E-state index in [1.165, 1.54) is 38.1 Å². The number of para-hydroxylation sites is 1. The van der Waals surface area contributed by atoms with Gasteiger partial charge in [0.05, 0.1) is 12.0 Å². The monoisotopic (exact) mass is 287 g/mol. The van der Waals surface area contributed by atoms with Gasteiger partial charge in [-0.2, -0.15) is 8.78 Å². The molecular formula is C13H15F2NO4. The fourth-order valence-electron chi connectivity index (χ4n) is 1.65. The summed E-state index contributed by atoms with van der Waals surface area (Å²) in [6.45, 7) is 0.00144. The van der Waals surface area contributed by atoms with Crippen LogP contribution >= 0.6 is 0 Å².